The number of amides is 2. The van der Waals surface area contributed by atoms with E-state index < -0.39 is 0 Å². The molecule has 1 atom stereocenters. The Morgan fingerprint density at radius 1 is 1.31 bits per heavy atom. The molecule has 1 aliphatic heterocycles. The van der Waals surface area contributed by atoms with Crippen LogP contribution in [-0.4, -0.2) is 35.8 Å². The van der Waals surface area contributed by atoms with Gasteiger partial charge in [-0.05, 0) is 13.3 Å². The summed E-state index contributed by atoms with van der Waals surface area (Å²) in [6.07, 6.45) is 5.06. The number of nitrogens with zero attached hydrogens (tertiary/aromatic N) is 1. The Morgan fingerprint density at radius 2 is 2.06 bits per heavy atom. The minimum absolute atomic E-state index is 0.0168. The lowest BCUT2D eigenvalue weighted by Crippen LogP contribution is -2.42. The SMILES string of the molecule is CCCCCCN1CCC(=O)NC(C)C1=O. The van der Waals surface area contributed by atoms with Crippen LogP contribution >= 0.6 is 0 Å². The molecule has 0 bridgehead atoms. The summed E-state index contributed by atoms with van der Waals surface area (Å²) in [7, 11) is 0. The summed E-state index contributed by atoms with van der Waals surface area (Å²) < 4.78 is 0. The Hall–Kier alpha value is -1.06. The van der Waals surface area contributed by atoms with Gasteiger partial charge in [-0.15, -0.1) is 0 Å². The molecule has 1 saturated heterocycles. The predicted octanol–water partition coefficient (Wildman–Crippen LogP) is 1.30. The largest absolute Gasteiger partial charge is 0.345 e. The smallest absolute Gasteiger partial charge is 0.244 e. The first-order valence-corrected chi connectivity index (χ1v) is 6.23. The van der Waals surface area contributed by atoms with E-state index in [-0.39, 0.29) is 17.9 Å². The van der Waals surface area contributed by atoms with E-state index in [9.17, 15) is 9.59 Å². The molecule has 0 aliphatic carbocycles. The average Bonchev–Trinajstić information content (AvgIpc) is 2.37. The lowest BCUT2D eigenvalue weighted by Gasteiger charge is -2.22. The second-order valence-electron chi connectivity index (χ2n) is 4.43. The van der Waals surface area contributed by atoms with E-state index in [4.69, 9.17) is 0 Å². The minimum atomic E-state index is -0.360. The standard InChI is InChI=1S/C12H22N2O2/c1-3-4-5-6-8-14-9-7-11(15)13-10(2)12(14)16/h10H,3-9H2,1-2H3,(H,13,15). The molecule has 0 aromatic rings. The third-order valence-electron chi connectivity index (χ3n) is 2.95. The molecule has 16 heavy (non-hydrogen) atoms. The van der Waals surface area contributed by atoms with Crippen molar-refractivity contribution >= 4 is 11.8 Å². The van der Waals surface area contributed by atoms with Gasteiger partial charge in [0, 0.05) is 19.5 Å². The Balaban J connectivity index is 2.38. The first-order chi connectivity index (χ1) is 7.65. The van der Waals surface area contributed by atoms with Gasteiger partial charge in [0.1, 0.15) is 6.04 Å². The second kappa shape index (κ2) is 6.51. The molecule has 4 heteroatoms. The Kier molecular flexibility index (Phi) is 5.29. The van der Waals surface area contributed by atoms with Crippen LogP contribution in [-0.2, 0) is 9.59 Å². The van der Waals surface area contributed by atoms with Crippen LogP contribution in [0, 0.1) is 0 Å². The molecule has 1 aliphatic rings. The minimum Gasteiger partial charge on any atom is -0.345 e. The van der Waals surface area contributed by atoms with E-state index in [0.717, 1.165) is 19.4 Å². The zero-order valence-electron chi connectivity index (χ0n) is 10.3. The number of hydrogen-bond donors (Lipinski definition) is 1. The molecule has 92 valence electrons. The summed E-state index contributed by atoms with van der Waals surface area (Å²) in [4.78, 5) is 25.0. The van der Waals surface area contributed by atoms with Gasteiger partial charge in [0.05, 0.1) is 0 Å². The molecule has 4 nitrogen and oxygen atoms in total. The maximum absolute atomic E-state index is 11.9. The fraction of sp³-hybridized carbons (Fsp3) is 0.833. The summed E-state index contributed by atoms with van der Waals surface area (Å²) >= 11 is 0. The van der Waals surface area contributed by atoms with E-state index in [2.05, 4.69) is 12.2 Å². The van der Waals surface area contributed by atoms with Crippen LogP contribution in [0.4, 0.5) is 0 Å². The van der Waals surface area contributed by atoms with Crippen molar-refractivity contribution in [2.45, 2.75) is 52.0 Å². The van der Waals surface area contributed by atoms with E-state index >= 15 is 0 Å². The number of hydrogen-bond acceptors (Lipinski definition) is 2. The lowest BCUT2D eigenvalue weighted by atomic mass is 10.2. The van der Waals surface area contributed by atoms with Gasteiger partial charge in [-0.3, -0.25) is 9.59 Å². The molecule has 1 unspecified atom stereocenters. The number of rotatable bonds is 5. The zero-order valence-corrected chi connectivity index (χ0v) is 10.3. The molecule has 0 aromatic heterocycles. The summed E-state index contributed by atoms with van der Waals surface area (Å²) in [5, 5.41) is 2.69. The van der Waals surface area contributed by atoms with Crippen molar-refractivity contribution in [3.8, 4) is 0 Å². The van der Waals surface area contributed by atoms with E-state index in [1.165, 1.54) is 12.8 Å². The maximum atomic E-state index is 11.9. The Bertz CT molecular complexity index is 253. The Labute approximate surface area is 97.4 Å². The first-order valence-electron chi connectivity index (χ1n) is 6.23. The van der Waals surface area contributed by atoms with Crippen molar-refractivity contribution in [2.24, 2.45) is 0 Å². The predicted molar refractivity (Wildman–Crippen MR) is 62.9 cm³/mol. The molecular formula is C12H22N2O2. The fourth-order valence-corrected chi connectivity index (χ4v) is 1.95. The number of carbonyl (C=O) groups excluding carboxylic acids is 2. The van der Waals surface area contributed by atoms with Gasteiger partial charge in [0.2, 0.25) is 11.8 Å². The molecule has 1 rings (SSSR count). The van der Waals surface area contributed by atoms with Gasteiger partial charge >= 0.3 is 0 Å². The van der Waals surface area contributed by atoms with Crippen LogP contribution in [0.3, 0.4) is 0 Å². The van der Waals surface area contributed by atoms with Gasteiger partial charge in [-0.2, -0.15) is 0 Å². The van der Waals surface area contributed by atoms with Gasteiger partial charge in [0.25, 0.3) is 0 Å². The third kappa shape index (κ3) is 3.83. The number of nitrogens with one attached hydrogen (secondary N) is 1. The van der Waals surface area contributed by atoms with Crippen LogP contribution in [0.25, 0.3) is 0 Å². The van der Waals surface area contributed by atoms with Gasteiger partial charge < -0.3 is 10.2 Å². The highest BCUT2D eigenvalue weighted by molar-refractivity contribution is 5.89. The van der Waals surface area contributed by atoms with Crippen LogP contribution in [0.5, 0.6) is 0 Å². The lowest BCUT2D eigenvalue weighted by molar-refractivity contribution is -0.133. The fourth-order valence-electron chi connectivity index (χ4n) is 1.95. The summed E-state index contributed by atoms with van der Waals surface area (Å²) in [6, 6.07) is -0.360. The topological polar surface area (TPSA) is 49.4 Å². The molecule has 1 N–H and O–H groups in total. The summed E-state index contributed by atoms with van der Waals surface area (Å²) in [5.74, 6) is 0.0410. The molecule has 0 radical (unpaired) electrons. The zero-order chi connectivity index (χ0) is 12.0. The second-order valence-corrected chi connectivity index (χ2v) is 4.43. The quantitative estimate of drug-likeness (QED) is 0.718. The monoisotopic (exact) mass is 226 g/mol. The maximum Gasteiger partial charge on any atom is 0.244 e. The van der Waals surface area contributed by atoms with Crippen molar-refractivity contribution in [3.05, 3.63) is 0 Å². The van der Waals surface area contributed by atoms with Crippen molar-refractivity contribution in [2.75, 3.05) is 13.1 Å². The first kappa shape index (κ1) is 13.0. The van der Waals surface area contributed by atoms with Gasteiger partial charge in [-0.25, -0.2) is 0 Å². The molecule has 0 aromatic carbocycles. The molecule has 2 amide bonds. The Morgan fingerprint density at radius 3 is 2.75 bits per heavy atom. The van der Waals surface area contributed by atoms with Gasteiger partial charge in [0.15, 0.2) is 0 Å². The van der Waals surface area contributed by atoms with Crippen molar-refractivity contribution in [3.63, 3.8) is 0 Å². The van der Waals surface area contributed by atoms with Crippen LogP contribution in [0.1, 0.15) is 46.0 Å². The van der Waals surface area contributed by atoms with E-state index in [1.807, 2.05) is 4.90 Å². The van der Waals surface area contributed by atoms with Crippen LogP contribution in [0.15, 0.2) is 0 Å². The van der Waals surface area contributed by atoms with Crippen molar-refractivity contribution in [1.82, 2.24) is 10.2 Å². The third-order valence-corrected chi connectivity index (χ3v) is 2.95. The number of unbranched alkanes of at least 4 members (excludes halogenated alkanes) is 3. The van der Waals surface area contributed by atoms with Crippen molar-refractivity contribution < 1.29 is 9.59 Å². The van der Waals surface area contributed by atoms with E-state index in [1.54, 1.807) is 6.92 Å². The summed E-state index contributed by atoms with van der Waals surface area (Å²) in [5.41, 5.74) is 0. The average molecular weight is 226 g/mol. The van der Waals surface area contributed by atoms with Crippen molar-refractivity contribution in [1.29, 1.82) is 0 Å². The highest BCUT2D eigenvalue weighted by atomic mass is 16.2. The highest BCUT2D eigenvalue weighted by Gasteiger charge is 2.25. The molecule has 1 heterocycles. The van der Waals surface area contributed by atoms with E-state index in [0.29, 0.717) is 13.0 Å². The van der Waals surface area contributed by atoms with Crippen LogP contribution < -0.4 is 5.32 Å². The molecule has 0 spiro atoms. The summed E-state index contributed by atoms with van der Waals surface area (Å²) in [6.45, 7) is 5.28. The van der Waals surface area contributed by atoms with Gasteiger partial charge in [-0.1, -0.05) is 26.2 Å². The molecule has 1 fully saturated rings. The normalized spacial score (nSPS) is 21.9. The molecular weight excluding hydrogens is 204 g/mol. The van der Waals surface area contributed by atoms with Crippen LogP contribution in [0.2, 0.25) is 0 Å². The number of carbonyl (C=O) groups is 2. The molecule has 0 saturated carbocycles. The highest BCUT2D eigenvalue weighted by Crippen LogP contribution is 2.07.